The fourth-order valence-corrected chi connectivity index (χ4v) is 2.29. The second-order valence-electron chi connectivity index (χ2n) is 5.03. The molecule has 0 aromatic carbocycles. The van der Waals surface area contributed by atoms with Crippen molar-refractivity contribution in [3.63, 3.8) is 0 Å². The maximum atomic E-state index is 11.7. The third-order valence-electron chi connectivity index (χ3n) is 3.22. The standard InChI is InChI=1S/C12H21N5O/c1-9(8-17-4-2-3-5-17)7-14-12(18)10-6-11(13)16-15-10/h6,9H,2-5,7-8H2,1H3,(H,14,18)(H3,13,15,16). The van der Waals surface area contributed by atoms with Crippen LogP contribution in [0.1, 0.15) is 30.3 Å². The van der Waals surface area contributed by atoms with Gasteiger partial charge in [0.05, 0.1) is 0 Å². The zero-order valence-corrected chi connectivity index (χ0v) is 10.8. The summed E-state index contributed by atoms with van der Waals surface area (Å²) in [5.74, 6) is 0.644. The molecule has 1 aliphatic rings. The van der Waals surface area contributed by atoms with Crippen molar-refractivity contribution in [2.24, 2.45) is 5.92 Å². The average molecular weight is 251 g/mol. The predicted molar refractivity (Wildman–Crippen MR) is 70.2 cm³/mol. The molecule has 0 aliphatic carbocycles. The van der Waals surface area contributed by atoms with Gasteiger partial charge in [-0.25, -0.2) is 0 Å². The Bertz CT molecular complexity index is 397. The molecule has 100 valence electrons. The van der Waals surface area contributed by atoms with E-state index in [4.69, 9.17) is 5.73 Å². The molecule has 1 aromatic rings. The van der Waals surface area contributed by atoms with Gasteiger partial charge in [-0.2, -0.15) is 5.10 Å². The van der Waals surface area contributed by atoms with Gasteiger partial charge in [0.15, 0.2) is 0 Å². The number of hydrogen-bond donors (Lipinski definition) is 3. The van der Waals surface area contributed by atoms with Gasteiger partial charge in [-0.3, -0.25) is 9.89 Å². The first-order chi connectivity index (χ1) is 8.65. The van der Waals surface area contributed by atoms with Crippen LogP contribution >= 0.6 is 0 Å². The van der Waals surface area contributed by atoms with Crippen molar-refractivity contribution in [1.82, 2.24) is 20.4 Å². The summed E-state index contributed by atoms with van der Waals surface area (Å²) in [4.78, 5) is 14.2. The Morgan fingerprint density at radius 3 is 2.94 bits per heavy atom. The van der Waals surface area contributed by atoms with Gasteiger partial charge < -0.3 is 16.0 Å². The molecular formula is C12H21N5O. The van der Waals surface area contributed by atoms with Crippen LogP contribution in [0.2, 0.25) is 0 Å². The molecule has 1 aromatic heterocycles. The monoisotopic (exact) mass is 251 g/mol. The van der Waals surface area contributed by atoms with Gasteiger partial charge in [0.1, 0.15) is 11.5 Å². The van der Waals surface area contributed by atoms with Crippen LogP contribution in [0.4, 0.5) is 5.82 Å². The van der Waals surface area contributed by atoms with E-state index in [2.05, 4.69) is 27.3 Å². The summed E-state index contributed by atoms with van der Waals surface area (Å²) in [6, 6.07) is 1.54. The van der Waals surface area contributed by atoms with Crippen LogP contribution in [0.15, 0.2) is 6.07 Å². The van der Waals surface area contributed by atoms with Crippen molar-refractivity contribution in [1.29, 1.82) is 0 Å². The van der Waals surface area contributed by atoms with Crippen LogP contribution < -0.4 is 11.1 Å². The van der Waals surface area contributed by atoms with E-state index in [1.54, 1.807) is 6.07 Å². The Hall–Kier alpha value is -1.56. The predicted octanol–water partition coefficient (Wildman–Crippen LogP) is 0.454. The molecule has 1 unspecified atom stereocenters. The Kier molecular flexibility index (Phi) is 4.19. The van der Waals surface area contributed by atoms with Crippen LogP contribution in [-0.2, 0) is 0 Å². The minimum atomic E-state index is -0.146. The molecule has 2 rings (SSSR count). The summed E-state index contributed by atoms with van der Waals surface area (Å²) in [6.45, 7) is 6.25. The van der Waals surface area contributed by atoms with Crippen molar-refractivity contribution in [3.8, 4) is 0 Å². The second-order valence-corrected chi connectivity index (χ2v) is 5.03. The second kappa shape index (κ2) is 5.86. The van der Waals surface area contributed by atoms with Crippen molar-refractivity contribution < 1.29 is 4.79 Å². The quantitative estimate of drug-likeness (QED) is 0.709. The fourth-order valence-electron chi connectivity index (χ4n) is 2.29. The number of amides is 1. The minimum absolute atomic E-state index is 0.146. The number of likely N-dealkylation sites (tertiary alicyclic amines) is 1. The molecule has 6 heteroatoms. The SMILES string of the molecule is CC(CNC(=O)c1cc(N)n[nH]1)CN1CCCC1. The first-order valence-electron chi connectivity index (χ1n) is 6.46. The number of H-pyrrole nitrogens is 1. The van der Waals surface area contributed by atoms with E-state index < -0.39 is 0 Å². The summed E-state index contributed by atoms with van der Waals surface area (Å²) in [6.07, 6.45) is 2.60. The van der Waals surface area contributed by atoms with E-state index in [1.807, 2.05) is 0 Å². The lowest BCUT2D eigenvalue weighted by Gasteiger charge is -2.20. The topological polar surface area (TPSA) is 87.0 Å². The Morgan fingerprint density at radius 1 is 1.61 bits per heavy atom. The third-order valence-corrected chi connectivity index (χ3v) is 3.22. The smallest absolute Gasteiger partial charge is 0.269 e. The molecule has 0 bridgehead atoms. The molecule has 4 N–H and O–H groups in total. The van der Waals surface area contributed by atoms with Crippen molar-refractivity contribution in [3.05, 3.63) is 11.8 Å². The molecular weight excluding hydrogens is 230 g/mol. The van der Waals surface area contributed by atoms with Crippen molar-refractivity contribution >= 4 is 11.7 Å². The molecule has 1 atom stereocenters. The number of aromatic amines is 1. The van der Waals surface area contributed by atoms with Crippen LogP contribution in [0, 0.1) is 5.92 Å². The summed E-state index contributed by atoms with van der Waals surface area (Å²) in [5.41, 5.74) is 5.87. The molecule has 1 aliphatic heterocycles. The largest absolute Gasteiger partial charge is 0.382 e. The highest BCUT2D eigenvalue weighted by atomic mass is 16.1. The highest BCUT2D eigenvalue weighted by molar-refractivity contribution is 5.92. The molecule has 1 amide bonds. The summed E-state index contributed by atoms with van der Waals surface area (Å²) < 4.78 is 0. The van der Waals surface area contributed by atoms with Gasteiger partial charge in [-0.1, -0.05) is 6.92 Å². The van der Waals surface area contributed by atoms with E-state index in [0.29, 0.717) is 24.0 Å². The van der Waals surface area contributed by atoms with E-state index >= 15 is 0 Å². The number of nitrogen functional groups attached to an aromatic ring is 1. The molecule has 6 nitrogen and oxygen atoms in total. The maximum Gasteiger partial charge on any atom is 0.269 e. The number of carbonyl (C=O) groups is 1. The normalized spacial score (nSPS) is 17.8. The van der Waals surface area contributed by atoms with Gasteiger partial charge in [0.25, 0.3) is 5.91 Å². The van der Waals surface area contributed by atoms with E-state index in [0.717, 1.165) is 6.54 Å². The lowest BCUT2D eigenvalue weighted by Crippen LogP contribution is -2.34. The van der Waals surface area contributed by atoms with E-state index in [-0.39, 0.29) is 5.91 Å². The van der Waals surface area contributed by atoms with Gasteiger partial charge in [-0.15, -0.1) is 0 Å². The molecule has 1 saturated heterocycles. The summed E-state index contributed by atoms with van der Waals surface area (Å²) >= 11 is 0. The third kappa shape index (κ3) is 3.46. The average Bonchev–Trinajstić information content (AvgIpc) is 2.97. The number of carbonyl (C=O) groups excluding carboxylic acids is 1. The minimum Gasteiger partial charge on any atom is -0.382 e. The summed E-state index contributed by atoms with van der Waals surface area (Å²) in [7, 11) is 0. The molecule has 2 heterocycles. The van der Waals surface area contributed by atoms with Crippen LogP contribution in [0.25, 0.3) is 0 Å². The zero-order chi connectivity index (χ0) is 13.0. The van der Waals surface area contributed by atoms with E-state index in [9.17, 15) is 4.79 Å². The molecule has 0 saturated carbocycles. The van der Waals surface area contributed by atoms with Gasteiger partial charge in [0.2, 0.25) is 0 Å². The van der Waals surface area contributed by atoms with E-state index in [1.165, 1.54) is 25.9 Å². The number of hydrogen-bond acceptors (Lipinski definition) is 4. The maximum absolute atomic E-state index is 11.7. The number of nitrogens with one attached hydrogen (secondary N) is 2. The Balaban J connectivity index is 1.71. The Labute approximate surface area is 107 Å². The highest BCUT2D eigenvalue weighted by Gasteiger charge is 2.15. The van der Waals surface area contributed by atoms with Crippen molar-refractivity contribution in [2.75, 3.05) is 31.9 Å². The number of aromatic nitrogens is 2. The van der Waals surface area contributed by atoms with Gasteiger partial charge in [0, 0.05) is 19.2 Å². The fraction of sp³-hybridized carbons (Fsp3) is 0.667. The molecule has 18 heavy (non-hydrogen) atoms. The van der Waals surface area contributed by atoms with Crippen LogP contribution in [-0.4, -0.2) is 47.2 Å². The van der Waals surface area contributed by atoms with Crippen LogP contribution in [0.5, 0.6) is 0 Å². The van der Waals surface area contributed by atoms with Crippen LogP contribution in [0.3, 0.4) is 0 Å². The van der Waals surface area contributed by atoms with Gasteiger partial charge in [-0.05, 0) is 31.8 Å². The van der Waals surface area contributed by atoms with Crippen molar-refractivity contribution in [2.45, 2.75) is 19.8 Å². The summed E-state index contributed by atoms with van der Waals surface area (Å²) in [5, 5.41) is 9.23. The lowest BCUT2D eigenvalue weighted by atomic mass is 10.1. The zero-order valence-electron chi connectivity index (χ0n) is 10.8. The first kappa shape index (κ1) is 12.9. The number of rotatable bonds is 5. The number of nitrogens with zero attached hydrogens (tertiary/aromatic N) is 2. The lowest BCUT2D eigenvalue weighted by molar-refractivity contribution is 0.0940. The Morgan fingerprint density at radius 2 is 2.33 bits per heavy atom. The molecule has 1 fully saturated rings. The van der Waals surface area contributed by atoms with Gasteiger partial charge >= 0.3 is 0 Å². The molecule has 0 spiro atoms. The number of anilines is 1. The number of nitrogens with two attached hydrogens (primary N) is 1. The first-order valence-corrected chi connectivity index (χ1v) is 6.46. The molecule has 0 radical (unpaired) electrons. The highest BCUT2D eigenvalue weighted by Crippen LogP contribution is 2.09.